The molecular weight excluding hydrogens is 406 g/mol. The summed E-state index contributed by atoms with van der Waals surface area (Å²) in [7, 11) is 0. The summed E-state index contributed by atoms with van der Waals surface area (Å²) in [4.78, 5) is 16.9. The fourth-order valence-electron chi connectivity index (χ4n) is 3.23. The Morgan fingerprint density at radius 3 is 2.76 bits per heavy atom. The predicted octanol–water partition coefficient (Wildman–Crippen LogP) is 6.51. The molecule has 0 spiro atoms. The maximum atomic E-state index is 12.4. The van der Waals surface area contributed by atoms with Crippen molar-refractivity contribution in [2.75, 3.05) is 0 Å². The Morgan fingerprint density at radius 2 is 1.86 bits per heavy atom. The van der Waals surface area contributed by atoms with Crippen molar-refractivity contribution >= 4 is 50.8 Å². The van der Waals surface area contributed by atoms with E-state index in [2.05, 4.69) is 4.98 Å². The van der Waals surface area contributed by atoms with Crippen molar-refractivity contribution < 1.29 is 13.9 Å². The van der Waals surface area contributed by atoms with Crippen molar-refractivity contribution in [2.45, 2.75) is 6.42 Å². The Hall–Kier alpha value is -3.15. The maximum absolute atomic E-state index is 12.4. The number of esters is 1. The van der Waals surface area contributed by atoms with Gasteiger partial charge in [0.25, 0.3) is 0 Å². The van der Waals surface area contributed by atoms with Gasteiger partial charge < -0.3 is 9.15 Å². The van der Waals surface area contributed by atoms with Crippen LogP contribution < -0.4 is 4.74 Å². The third-order valence-electron chi connectivity index (χ3n) is 4.53. The van der Waals surface area contributed by atoms with Gasteiger partial charge in [0.15, 0.2) is 0 Å². The van der Waals surface area contributed by atoms with Crippen LogP contribution in [0.25, 0.3) is 32.5 Å². The first kappa shape index (κ1) is 17.9. The van der Waals surface area contributed by atoms with E-state index >= 15 is 0 Å². The van der Waals surface area contributed by atoms with Gasteiger partial charge >= 0.3 is 5.97 Å². The van der Waals surface area contributed by atoms with Gasteiger partial charge in [0.1, 0.15) is 21.9 Å². The van der Waals surface area contributed by atoms with E-state index in [1.807, 2.05) is 66.0 Å². The lowest BCUT2D eigenvalue weighted by molar-refractivity contribution is -0.133. The van der Waals surface area contributed by atoms with E-state index in [0.29, 0.717) is 16.5 Å². The molecule has 0 radical (unpaired) electrons. The minimum Gasteiger partial charge on any atom is -0.456 e. The minimum atomic E-state index is -0.361. The van der Waals surface area contributed by atoms with Crippen molar-refractivity contribution in [1.29, 1.82) is 0 Å². The normalized spacial score (nSPS) is 11.2. The molecule has 0 bridgehead atoms. The molecule has 0 fully saturated rings. The van der Waals surface area contributed by atoms with E-state index in [9.17, 15) is 4.79 Å². The molecule has 5 aromatic rings. The molecule has 3 aromatic carbocycles. The average Bonchev–Trinajstić information content (AvgIpc) is 3.32. The zero-order valence-electron chi connectivity index (χ0n) is 15.1. The molecule has 0 aliphatic carbocycles. The summed E-state index contributed by atoms with van der Waals surface area (Å²) in [5, 5.41) is 5.25. The van der Waals surface area contributed by atoms with Gasteiger partial charge in [-0.15, -0.1) is 11.3 Å². The fraction of sp³-hybridized carbons (Fsp3) is 0.0435. The molecule has 0 unspecified atom stereocenters. The monoisotopic (exact) mass is 419 g/mol. The highest BCUT2D eigenvalue weighted by Crippen LogP contribution is 2.31. The molecule has 0 atom stereocenters. The van der Waals surface area contributed by atoms with Gasteiger partial charge in [0.05, 0.1) is 12.1 Å². The molecule has 0 aliphatic rings. The summed E-state index contributed by atoms with van der Waals surface area (Å²) in [6.07, 6.45) is 0.0984. The molecule has 2 aromatic heterocycles. The van der Waals surface area contributed by atoms with Gasteiger partial charge in [-0.25, -0.2) is 4.98 Å². The molecule has 0 N–H and O–H groups in total. The predicted molar refractivity (Wildman–Crippen MR) is 116 cm³/mol. The van der Waals surface area contributed by atoms with Gasteiger partial charge in [-0.3, -0.25) is 4.79 Å². The fourth-order valence-corrected chi connectivity index (χ4v) is 4.23. The van der Waals surface area contributed by atoms with Crippen molar-refractivity contribution in [3.63, 3.8) is 0 Å². The van der Waals surface area contributed by atoms with E-state index in [1.54, 1.807) is 6.07 Å². The van der Waals surface area contributed by atoms with Crippen molar-refractivity contribution in [1.82, 2.24) is 4.98 Å². The topological polar surface area (TPSA) is 52.3 Å². The third kappa shape index (κ3) is 3.62. The summed E-state index contributed by atoms with van der Waals surface area (Å²) in [6.45, 7) is 0. The van der Waals surface area contributed by atoms with E-state index in [1.165, 1.54) is 11.3 Å². The summed E-state index contributed by atoms with van der Waals surface area (Å²) in [6, 6.07) is 20.7. The number of benzene rings is 3. The van der Waals surface area contributed by atoms with Crippen molar-refractivity contribution in [3.8, 4) is 16.3 Å². The van der Waals surface area contributed by atoms with Gasteiger partial charge in [-0.1, -0.05) is 41.9 Å². The maximum Gasteiger partial charge on any atom is 0.317 e. The van der Waals surface area contributed by atoms with Crippen LogP contribution in [0.2, 0.25) is 5.02 Å². The number of fused-ring (bicyclic) bond motifs is 3. The van der Waals surface area contributed by atoms with Crippen molar-refractivity contribution in [3.05, 3.63) is 82.8 Å². The van der Waals surface area contributed by atoms with Crippen LogP contribution in [-0.4, -0.2) is 11.0 Å². The first-order chi connectivity index (χ1) is 14.2. The lowest BCUT2D eigenvalue weighted by Gasteiger charge is -2.03. The number of thiazole rings is 1. The van der Waals surface area contributed by atoms with Crippen molar-refractivity contribution in [2.24, 2.45) is 0 Å². The number of halogens is 1. The van der Waals surface area contributed by atoms with Crippen LogP contribution in [0.5, 0.6) is 5.75 Å². The van der Waals surface area contributed by atoms with Gasteiger partial charge in [-0.05, 0) is 36.4 Å². The van der Waals surface area contributed by atoms with E-state index in [4.69, 9.17) is 20.8 Å². The minimum absolute atomic E-state index is 0.0984. The number of hydrogen-bond donors (Lipinski definition) is 0. The second kappa shape index (κ2) is 7.35. The number of rotatable bonds is 4. The summed E-state index contributed by atoms with van der Waals surface area (Å²) >= 11 is 7.52. The number of ether oxygens (including phenoxy) is 1. The molecular formula is C23H14ClNO3S. The van der Waals surface area contributed by atoms with Gasteiger partial charge in [-0.2, -0.15) is 0 Å². The van der Waals surface area contributed by atoms with Crippen LogP contribution in [0, 0.1) is 0 Å². The third-order valence-corrected chi connectivity index (χ3v) is 5.70. The SMILES string of the molecule is O=C(Cc1csc(-c2cccc(Cl)c2)n1)Oc1ccc2oc3ccccc3c2c1. The first-order valence-corrected chi connectivity index (χ1v) is 10.2. The highest BCUT2D eigenvalue weighted by Gasteiger charge is 2.13. The van der Waals surface area contributed by atoms with Crippen LogP contribution in [0.3, 0.4) is 0 Å². The van der Waals surface area contributed by atoms with E-state index in [0.717, 1.165) is 32.5 Å². The standard InChI is InChI=1S/C23H14ClNO3S/c24-15-5-3-4-14(10-15)23-25-16(13-29-23)11-22(26)27-17-8-9-21-19(12-17)18-6-1-2-7-20(18)28-21/h1-10,12-13H,11H2. The highest BCUT2D eigenvalue weighted by molar-refractivity contribution is 7.13. The van der Waals surface area contributed by atoms with Crippen LogP contribution in [-0.2, 0) is 11.2 Å². The first-order valence-electron chi connectivity index (χ1n) is 8.98. The van der Waals surface area contributed by atoms with E-state index < -0.39 is 0 Å². The Morgan fingerprint density at radius 1 is 1.00 bits per heavy atom. The number of furan rings is 1. The lowest BCUT2D eigenvalue weighted by Crippen LogP contribution is -2.11. The van der Waals surface area contributed by atoms with Gasteiger partial charge in [0, 0.05) is 26.7 Å². The number of carbonyl (C=O) groups is 1. The molecule has 5 rings (SSSR count). The molecule has 0 saturated carbocycles. The summed E-state index contributed by atoms with van der Waals surface area (Å²) in [5.74, 6) is 0.124. The summed E-state index contributed by atoms with van der Waals surface area (Å²) in [5.41, 5.74) is 3.17. The Bertz CT molecular complexity index is 1350. The number of para-hydroxylation sites is 1. The number of nitrogens with zero attached hydrogens (tertiary/aromatic N) is 1. The van der Waals surface area contributed by atoms with Crippen LogP contribution in [0.4, 0.5) is 0 Å². The zero-order valence-corrected chi connectivity index (χ0v) is 16.7. The number of aromatic nitrogens is 1. The molecule has 6 heteroatoms. The number of hydrogen-bond acceptors (Lipinski definition) is 5. The van der Waals surface area contributed by atoms with E-state index in [-0.39, 0.29) is 12.4 Å². The van der Waals surface area contributed by atoms with Crippen LogP contribution >= 0.6 is 22.9 Å². The van der Waals surface area contributed by atoms with Crippen LogP contribution in [0.15, 0.2) is 76.5 Å². The Balaban J connectivity index is 1.34. The van der Waals surface area contributed by atoms with Gasteiger partial charge in [0.2, 0.25) is 0 Å². The Kier molecular flexibility index (Phi) is 4.54. The Labute approximate surface area is 175 Å². The molecule has 0 amide bonds. The summed E-state index contributed by atoms with van der Waals surface area (Å²) < 4.78 is 11.3. The largest absolute Gasteiger partial charge is 0.456 e. The smallest absolute Gasteiger partial charge is 0.317 e. The second-order valence-corrected chi connectivity index (χ2v) is 7.86. The average molecular weight is 420 g/mol. The molecule has 29 heavy (non-hydrogen) atoms. The molecule has 2 heterocycles. The van der Waals surface area contributed by atoms with Crippen LogP contribution in [0.1, 0.15) is 5.69 Å². The zero-order chi connectivity index (χ0) is 19.8. The molecule has 0 saturated heterocycles. The quantitative estimate of drug-likeness (QED) is 0.246. The molecule has 0 aliphatic heterocycles. The second-order valence-electron chi connectivity index (χ2n) is 6.56. The lowest BCUT2D eigenvalue weighted by atomic mass is 10.1. The molecule has 4 nitrogen and oxygen atoms in total. The number of carbonyl (C=O) groups excluding carboxylic acids is 1. The molecule has 142 valence electrons. The highest BCUT2D eigenvalue weighted by atomic mass is 35.5.